The summed E-state index contributed by atoms with van der Waals surface area (Å²) < 4.78 is 0. The number of rotatable bonds is 4. The van der Waals surface area contributed by atoms with E-state index < -0.39 is 0 Å². The number of H-pyrrole nitrogens is 1. The zero-order chi connectivity index (χ0) is 19.1. The van der Waals surface area contributed by atoms with Gasteiger partial charge in [-0.05, 0) is 36.3 Å². The van der Waals surface area contributed by atoms with Gasteiger partial charge in [-0.2, -0.15) is 0 Å². The third kappa shape index (κ3) is 3.10. The zero-order valence-electron chi connectivity index (χ0n) is 15.0. The van der Waals surface area contributed by atoms with Crippen molar-refractivity contribution >= 4 is 55.7 Å². The topological polar surface area (TPSA) is 74.8 Å². The molecule has 0 atom stereocenters. The number of thioether (sulfide) groups is 1. The van der Waals surface area contributed by atoms with Crippen molar-refractivity contribution < 1.29 is 4.79 Å². The summed E-state index contributed by atoms with van der Waals surface area (Å²) >= 11 is 2.86. The Balaban J connectivity index is 1.33. The van der Waals surface area contributed by atoms with Crippen molar-refractivity contribution in [3.63, 3.8) is 0 Å². The van der Waals surface area contributed by atoms with Crippen LogP contribution in [0, 0.1) is 0 Å². The van der Waals surface area contributed by atoms with E-state index in [0.29, 0.717) is 5.16 Å². The van der Waals surface area contributed by atoms with Gasteiger partial charge in [-0.15, -0.1) is 11.3 Å². The van der Waals surface area contributed by atoms with Gasteiger partial charge in [0.2, 0.25) is 5.91 Å². The molecule has 140 valence electrons. The summed E-state index contributed by atoms with van der Waals surface area (Å²) in [6.07, 6.45) is 3.10. The summed E-state index contributed by atoms with van der Waals surface area (Å²) in [5.41, 5.74) is 1.86. The average molecular weight is 408 g/mol. The van der Waals surface area contributed by atoms with E-state index in [1.165, 1.54) is 22.2 Å². The van der Waals surface area contributed by atoms with Gasteiger partial charge in [0.15, 0.2) is 5.16 Å². The van der Waals surface area contributed by atoms with Crippen molar-refractivity contribution in [2.75, 3.05) is 11.1 Å². The molecule has 1 amide bonds. The zero-order valence-corrected chi connectivity index (χ0v) is 16.6. The number of hydrogen-bond donors (Lipinski definition) is 2. The van der Waals surface area contributed by atoms with Gasteiger partial charge in [-0.1, -0.05) is 48.2 Å². The minimum absolute atomic E-state index is 0.0960. The Labute approximate surface area is 169 Å². The molecule has 0 spiro atoms. The first-order valence-electron chi connectivity index (χ1n) is 9.14. The lowest BCUT2D eigenvalue weighted by Gasteiger charge is -2.08. The fraction of sp³-hybridized carbons (Fsp3) is 0.190. The first-order valence-corrected chi connectivity index (χ1v) is 10.9. The largest absolute Gasteiger partial charge is 0.325 e. The summed E-state index contributed by atoms with van der Waals surface area (Å²) in [4.78, 5) is 34.4. The standard InChI is InChI=1S/C21H17N3O2S2/c25-17(22-15-9-3-6-12-5-1-2-7-13(12)15)11-27-21-23-19(26)18-14-8-4-10-16(14)28-20(18)24-21/h1-3,5-7,9H,4,8,10-11H2,(H,22,25)(H,23,24,26). The second kappa shape index (κ2) is 7.07. The molecule has 0 unspecified atom stereocenters. The Kier molecular flexibility index (Phi) is 4.41. The molecule has 0 radical (unpaired) electrons. The van der Waals surface area contributed by atoms with Crippen molar-refractivity contribution in [1.82, 2.24) is 9.97 Å². The van der Waals surface area contributed by atoms with Crippen LogP contribution in [0.3, 0.4) is 0 Å². The van der Waals surface area contributed by atoms with Crippen LogP contribution < -0.4 is 10.9 Å². The average Bonchev–Trinajstić information content (AvgIpc) is 3.27. The van der Waals surface area contributed by atoms with Gasteiger partial charge >= 0.3 is 0 Å². The maximum Gasteiger partial charge on any atom is 0.260 e. The van der Waals surface area contributed by atoms with E-state index in [1.54, 1.807) is 11.3 Å². The number of fused-ring (bicyclic) bond motifs is 4. The second-order valence-electron chi connectivity index (χ2n) is 6.77. The van der Waals surface area contributed by atoms with Crippen molar-refractivity contribution in [3.8, 4) is 0 Å². The van der Waals surface area contributed by atoms with Crippen molar-refractivity contribution in [2.45, 2.75) is 24.4 Å². The minimum Gasteiger partial charge on any atom is -0.325 e. The molecule has 4 aromatic rings. The number of aromatic nitrogens is 2. The van der Waals surface area contributed by atoms with E-state index in [-0.39, 0.29) is 17.2 Å². The number of amides is 1. The fourth-order valence-corrected chi connectivity index (χ4v) is 5.69. The third-order valence-electron chi connectivity index (χ3n) is 4.96. The maximum absolute atomic E-state index is 12.5. The minimum atomic E-state index is -0.127. The Hall–Kier alpha value is -2.64. The smallest absolute Gasteiger partial charge is 0.260 e. The molecule has 5 nitrogen and oxygen atoms in total. The first kappa shape index (κ1) is 17.5. The van der Waals surface area contributed by atoms with Gasteiger partial charge in [0.25, 0.3) is 5.56 Å². The molecule has 0 saturated carbocycles. The number of aryl methyl sites for hydroxylation is 2. The highest BCUT2D eigenvalue weighted by Gasteiger charge is 2.21. The fourth-order valence-electron chi connectivity index (χ4n) is 3.71. The summed E-state index contributed by atoms with van der Waals surface area (Å²) in [6.45, 7) is 0. The van der Waals surface area contributed by atoms with Crippen molar-refractivity contribution in [2.24, 2.45) is 0 Å². The van der Waals surface area contributed by atoms with Crippen LogP contribution in [0.4, 0.5) is 5.69 Å². The first-order chi connectivity index (χ1) is 13.7. The maximum atomic E-state index is 12.5. The van der Waals surface area contributed by atoms with E-state index in [2.05, 4.69) is 15.3 Å². The number of hydrogen-bond acceptors (Lipinski definition) is 5. The molecule has 5 rings (SSSR count). The molecule has 28 heavy (non-hydrogen) atoms. The summed E-state index contributed by atoms with van der Waals surface area (Å²) in [6, 6.07) is 13.8. The molecule has 0 fully saturated rings. The SMILES string of the molecule is O=C(CSc1nc2sc3c(c2c(=O)[nH]1)CCC3)Nc1cccc2ccccc12. The van der Waals surface area contributed by atoms with Crippen LogP contribution in [-0.4, -0.2) is 21.6 Å². The van der Waals surface area contributed by atoms with E-state index in [9.17, 15) is 9.59 Å². The van der Waals surface area contributed by atoms with Gasteiger partial charge in [0.05, 0.1) is 11.1 Å². The predicted octanol–water partition coefficient (Wildman–Crippen LogP) is 4.36. The lowest BCUT2D eigenvalue weighted by molar-refractivity contribution is -0.113. The quantitative estimate of drug-likeness (QED) is 0.389. The van der Waals surface area contributed by atoms with E-state index in [0.717, 1.165) is 45.9 Å². The molecule has 7 heteroatoms. The van der Waals surface area contributed by atoms with E-state index in [1.807, 2.05) is 42.5 Å². The molecule has 0 saturated heterocycles. The molecule has 2 heterocycles. The highest BCUT2D eigenvalue weighted by atomic mass is 32.2. The Morgan fingerprint density at radius 2 is 2.04 bits per heavy atom. The summed E-state index contributed by atoms with van der Waals surface area (Å²) in [5.74, 6) is 0.0562. The van der Waals surface area contributed by atoms with Crippen LogP contribution in [0.1, 0.15) is 16.9 Å². The van der Waals surface area contributed by atoms with Gasteiger partial charge in [-0.25, -0.2) is 4.98 Å². The Bertz CT molecular complexity index is 1270. The molecule has 1 aliphatic carbocycles. The number of thiophene rings is 1. The second-order valence-corrected chi connectivity index (χ2v) is 8.82. The Morgan fingerprint density at radius 3 is 2.96 bits per heavy atom. The molecule has 2 aromatic heterocycles. The summed E-state index contributed by atoms with van der Waals surface area (Å²) in [7, 11) is 0. The Morgan fingerprint density at radius 1 is 1.18 bits per heavy atom. The number of nitrogens with one attached hydrogen (secondary N) is 2. The highest BCUT2D eigenvalue weighted by molar-refractivity contribution is 7.99. The normalized spacial score (nSPS) is 13.1. The monoisotopic (exact) mass is 407 g/mol. The number of anilines is 1. The molecule has 1 aliphatic rings. The number of benzene rings is 2. The molecule has 0 bridgehead atoms. The lowest BCUT2D eigenvalue weighted by Crippen LogP contribution is -2.15. The molecule has 2 N–H and O–H groups in total. The third-order valence-corrected chi connectivity index (χ3v) is 7.02. The number of aromatic amines is 1. The van der Waals surface area contributed by atoms with Crippen LogP contribution in [0.15, 0.2) is 52.4 Å². The van der Waals surface area contributed by atoms with Gasteiger partial charge in [-0.3, -0.25) is 9.59 Å². The van der Waals surface area contributed by atoms with E-state index in [4.69, 9.17) is 0 Å². The van der Waals surface area contributed by atoms with E-state index >= 15 is 0 Å². The van der Waals surface area contributed by atoms with Crippen LogP contribution in [-0.2, 0) is 17.6 Å². The lowest BCUT2D eigenvalue weighted by atomic mass is 10.1. The molecule has 0 aliphatic heterocycles. The predicted molar refractivity (Wildman–Crippen MR) is 116 cm³/mol. The molecular weight excluding hydrogens is 390 g/mol. The number of carbonyl (C=O) groups excluding carboxylic acids is 1. The van der Waals surface area contributed by atoms with Gasteiger partial charge in [0.1, 0.15) is 4.83 Å². The molecular formula is C21H17N3O2S2. The number of carbonyl (C=O) groups is 1. The van der Waals surface area contributed by atoms with Crippen LogP contribution in [0.2, 0.25) is 0 Å². The van der Waals surface area contributed by atoms with Crippen molar-refractivity contribution in [3.05, 3.63) is 63.3 Å². The highest BCUT2D eigenvalue weighted by Crippen LogP contribution is 2.35. The van der Waals surface area contributed by atoms with Crippen LogP contribution >= 0.6 is 23.1 Å². The molecule has 2 aromatic carbocycles. The summed E-state index contributed by atoms with van der Waals surface area (Å²) in [5, 5.41) is 6.27. The van der Waals surface area contributed by atoms with Crippen LogP contribution in [0.25, 0.3) is 21.0 Å². The van der Waals surface area contributed by atoms with Gasteiger partial charge in [0, 0.05) is 16.0 Å². The van der Waals surface area contributed by atoms with Crippen molar-refractivity contribution in [1.29, 1.82) is 0 Å². The van der Waals surface area contributed by atoms with Gasteiger partial charge < -0.3 is 10.3 Å². The van der Waals surface area contributed by atoms with Crippen LogP contribution in [0.5, 0.6) is 0 Å². The number of nitrogens with zero attached hydrogens (tertiary/aromatic N) is 1.